The van der Waals surface area contributed by atoms with Gasteiger partial charge in [0.05, 0.1) is 27.8 Å². The van der Waals surface area contributed by atoms with Crippen LogP contribution in [0.3, 0.4) is 0 Å². The van der Waals surface area contributed by atoms with E-state index in [1.165, 1.54) is 12.1 Å². The van der Waals surface area contributed by atoms with Crippen molar-refractivity contribution < 1.29 is 26.3 Å². The highest BCUT2D eigenvalue weighted by Gasteiger charge is 2.55. The van der Waals surface area contributed by atoms with Crippen LogP contribution in [-0.2, 0) is 17.8 Å². The summed E-state index contributed by atoms with van der Waals surface area (Å²) in [6, 6.07) is 47.6. The highest BCUT2D eigenvalue weighted by atomic mass is 19.4. The SMILES string of the molecule is Cc1ccc(-c2c(-c3ccc(C)cc3)n3c4c(cccc24)B2c4c-3ccc3c4-n4c5c2cc(C(F)(F)F)cc5c2cc(C(F)(F)F)cc(c24)C32c3ccccc3-c3ccccc32)cc1. The molecule has 0 N–H and O–H groups in total. The summed E-state index contributed by atoms with van der Waals surface area (Å²) in [5.74, 6) is 0. The molecular formula is C55H31BF6N2. The van der Waals surface area contributed by atoms with Crippen molar-refractivity contribution in [2.24, 2.45) is 0 Å². The van der Waals surface area contributed by atoms with Crippen molar-refractivity contribution in [3.8, 4) is 44.9 Å². The molecular weight excluding hydrogens is 813 g/mol. The Hall–Kier alpha value is -7.26. The van der Waals surface area contributed by atoms with Crippen LogP contribution in [0.15, 0.2) is 152 Å². The second kappa shape index (κ2) is 11.7. The molecule has 0 radical (unpaired) electrons. The summed E-state index contributed by atoms with van der Waals surface area (Å²) in [7, 11) is 0. The summed E-state index contributed by atoms with van der Waals surface area (Å²) < 4.78 is 96.6. The van der Waals surface area contributed by atoms with Gasteiger partial charge in [0.25, 0.3) is 6.71 Å². The molecule has 8 aromatic carbocycles. The van der Waals surface area contributed by atoms with Gasteiger partial charge in [0.1, 0.15) is 0 Å². The summed E-state index contributed by atoms with van der Waals surface area (Å²) in [5.41, 5.74) is 13.4. The standard InChI is InChI=1S/C55H31BF6N2/c1-28-14-18-30(19-15-28)46-36-10-7-13-43-50(36)63(48(46)31-20-16-29(2)17-21-31)45-23-22-41-52-47(45)56(43)44-27-33(55(60,61)62)25-38-37-24-32(54(57,58)59)26-42(49(37)64(52)51(38)44)53(41)39-11-5-3-8-34(39)35-9-4-6-12-40(35)53/h3-27H,1-2H3. The van der Waals surface area contributed by atoms with Gasteiger partial charge in [-0.1, -0.05) is 139 Å². The zero-order valence-electron chi connectivity index (χ0n) is 34.2. The number of benzene rings is 8. The number of hydrogen-bond donors (Lipinski definition) is 0. The Labute approximate surface area is 362 Å². The number of aromatic nitrogens is 2. The molecule has 0 fully saturated rings. The maximum absolute atomic E-state index is 15.4. The van der Waals surface area contributed by atoms with Crippen molar-refractivity contribution in [2.75, 3.05) is 0 Å². The predicted octanol–water partition coefficient (Wildman–Crippen LogP) is 12.5. The van der Waals surface area contributed by atoms with E-state index in [0.717, 1.165) is 107 Å². The monoisotopic (exact) mass is 844 g/mol. The van der Waals surface area contributed by atoms with E-state index in [2.05, 4.69) is 85.1 Å². The van der Waals surface area contributed by atoms with Crippen LogP contribution < -0.4 is 16.4 Å². The van der Waals surface area contributed by atoms with E-state index in [4.69, 9.17) is 0 Å². The molecule has 0 saturated heterocycles. The lowest BCUT2D eigenvalue weighted by molar-refractivity contribution is -0.138. The molecule has 3 aliphatic heterocycles. The van der Waals surface area contributed by atoms with Gasteiger partial charge in [-0.3, -0.25) is 0 Å². The molecule has 1 aliphatic carbocycles. The Morgan fingerprint density at radius 2 is 1.05 bits per heavy atom. The van der Waals surface area contributed by atoms with E-state index in [1.54, 1.807) is 0 Å². The lowest BCUT2D eigenvalue weighted by atomic mass is 9.33. The molecule has 9 heteroatoms. The molecule has 306 valence electrons. The van der Waals surface area contributed by atoms with Crippen LogP contribution in [0.4, 0.5) is 26.3 Å². The van der Waals surface area contributed by atoms with Gasteiger partial charge in [0, 0.05) is 44.1 Å². The van der Waals surface area contributed by atoms with Gasteiger partial charge in [-0.15, -0.1) is 0 Å². The van der Waals surface area contributed by atoms with Crippen LogP contribution in [0, 0.1) is 13.8 Å². The Morgan fingerprint density at radius 1 is 0.469 bits per heavy atom. The van der Waals surface area contributed by atoms with E-state index in [0.29, 0.717) is 22.1 Å². The number of rotatable bonds is 2. The number of halogens is 6. The van der Waals surface area contributed by atoms with E-state index in [-0.39, 0.29) is 10.8 Å². The predicted molar refractivity (Wildman–Crippen MR) is 243 cm³/mol. The van der Waals surface area contributed by atoms with Crippen molar-refractivity contribution in [2.45, 2.75) is 31.6 Å². The molecule has 64 heavy (non-hydrogen) atoms. The van der Waals surface area contributed by atoms with Gasteiger partial charge >= 0.3 is 12.4 Å². The molecule has 2 aromatic heterocycles. The Morgan fingerprint density at radius 3 is 1.69 bits per heavy atom. The fourth-order valence-corrected chi connectivity index (χ4v) is 12.3. The van der Waals surface area contributed by atoms with Crippen molar-refractivity contribution in [1.29, 1.82) is 0 Å². The van der Waals surface area contributed by atoms with Crippen LogP contribution in [0.25, 0.3) is 77.6 Å². The van der Waals surface area contributed by atoms with Crippen LogP contribution >= 0.6 is 0 Å². The van der Waals surface area contributed by atoms with Crippen molar-refractivity contribution in [3.63, 3.8) is 0 Å². The molecule has 0 atom stereocenters. The quantitative estimate of drug-likeness (QED) is 0.121. The van der Waals surface area contributed by atoms with Crippen molar-refractivity contribution >= 4 is 55.8 Å². The van der Waals surface area contributed by atoms with Crippen LogP contribution in [0.2, 0.25) is 0 Å². The number of fused-ring (bicyclic) bond motifs is 11. The molecule has 5 heterocycles. The van der Waals surface area contributed by atoms with Gasteiger partial charge in [-0.05, 0) is 99.0 Å². The van der Waals surface area contributed by atoms with Gasteiger partial charge in [0.2, 0.25) is 0 Å². The number of nitrogens with zero attached hydrogens (tertiary/aromatic N) is 2. The summed E-state index contributed by atoms with van der Waals surface area (Å²) in [6.07, 6.45) is -9.57. The molecule has 4 aliphatic rings. The first-order valence-electron chi connectivity index (χ1n) is 21.4. The summed E-state index contributed by atoms with van der Waals surface area (Å²) >= 11 is 0. The second-order valence-electron chi connectivity index (χ2n) is 17.9. The maximum Gasteiger partial charge on any atom is 0.416 e. The van der Waals surface area contributed by atoms with E-state index in [9.17, 15) is 0 Å². The fourth-order valence-electron chi connectivity index (χ4n) is 12.3. The fraction of sp³-hybridized carbons (Fsp3) is 0.0909. The third kappa shape index (κ3) is 4.21. The Kier molecular flexibility index (Phi) is 6.60. The molecule has 1 spiro atoms. The summed E-state index contributed by atoms with van der Waals surface area (Å²) in [6.45, 7) is 3.41. The largest absolute Gasteiger partial charge is 0.416 e. The Bertz CT molecular complexity index is 3730. The molecule has 14 rings (SSSR count). The molecule has 10 aromatic rings. The number of para-hydroxylation sites is 1. The minimum Gasteiger partial charge on any atom is -0.310 e. The molecule has 0 amide bonds. The minimum absolute atomic E-state index is 0.148. The summed E-state index contributed by atoms with van der Waals surface area (Å²) in [5, 5.41) is 1.26. The van der Waals surface area contributed by atoms with Crippen molar-refractivity contribution in [1.82, 2.24) is 9.13 Å². The zero-order chi connectivity index (χ0) is 43.3. The van der Waals surface area contributed by atoms with Crippen LogP contribution in [0.1, 0.15) is 44.5 Å². The summed E-state index contributed by atoms with van der Waals surface area (Å²) in [4.78, 5) is 0. The average Bonchev–Trinajstić information content (AvgIpc) is 3.91. The smallest absolute Gasteiger partial charge is 0.310 e. The van der Waals surface area contributed by atoms with Gasteiger partial charge < -0.3 is 9.13 Å². The maximum atomic E-state index is 15.4. The highest BCUT2D eigenvalue weighted by Crippen LogP contribution is 2.62. The number of alkyl halides is 6. The molecule has 0 bridgehead atoms. The van der Waals surface area contributed by atoms with E-state index >= 15 is 26.3 Å². The first kappa shape index (κ1) is 36.3. The minimum atomic E-state index is -4.79. The lowest BCUT2D eigenvalue weighted by Gasteiger charge is -2.44. The molecule has 0 saturated carbocycles. The first-order chi connectivity index (χ1) is 30.9. The van der Waals surface area contributed by atoms with Gasteiger partial charge in [-0.2, -0.15) is 26.3 Å². The average molecular weight is 845 g/mol. The third-order valence-corrected chi connectivity index (χ3v) is 14.7. The zero-order valence-corrected chi connectivity index (χ0v) is 34.2. The van der Waals surface area contributed by atoms with E-state index < -0.39 is 35.6 Å². The number of aryl methyl sites for hydroxylation is 2. The Balaban J connectivity index is 1.25. The van der Waals surface area contributed by atoms with Gasteiger partial charge in [0.15, 0.2) is 0 Å². The van der Waals surface area contributed by atoms with E-state index in [1.807, 2.05) is 65.2 Å². The molecule has 2 nitrogen and oxygen atoms in total. The third-order valence-electron chi connectivity index (χ3n) is 14.7. The van der Waals surface area contributed by atoms with Gasteiger partial charge in [-0.25, -0.2) is 0 Å². The van der Waals surface area contributed by atoms with Crippen LogP contribution in [-0.4, -0.2) is 15.8 Å². The van der Waals surface area contributed by atoms with Crippen molar-refractivity contribution in [3.05, 3.63) is 196 Å². The molecule has 0 unspecified atom stereocenters. The first-order valence-corrected chi connectivity index (χ1v) is 21.4. The highest BCUT2D eigenvalue weighted by molar-refractivity contribution is 7.00. The second-order valence-corrected chi connectivity index (χ2v) is 17.9. The lowest BCUT2D eigenvalue weighted by Crippen LogP contribution is -2.60. The topological polar surface area (TPSA) is 9.86 Å². The van der Waals surface area contributed by atoms with Crippen LogP contribution in [0.5, 0.6) is 0 Å². The number of hydrogen-bond acceptors (Lipinski definition) is 0. The normalized spacial score (nSPS) is 14.7.